The van der Waals surface area contributed by atoms with Crippen LogP contribution in [0.3, 0.4) is 0 Å². The van der Waals surface area contributed by atoms with Gasteiger partial charge in [0.2, 0.25) is 0 Å². The summed E-state index contributed by atoms with van der Waals surface area (Å²) >= 11 is -3.32. The van der Waals surface area contributed by atoms with Crippen LogP contribution < -0.4 is 26.9 Å². The Balaban J connectivity index is 1.11. The molecule has 7 rings (SSSR count). The van der Waals surface area contributed by atoms with Gasteiger partial charge in [-0.25, -0.2) is 0 Å². The molecule has 0 bridgehead atoms. The van der Waals surface area contributed by atoms with Crippen LogP contribution in [0.15, 0.2) is 158 Å². The van der Waals surface area contributed by atoms with E-state index in [1.165, 1.54) is 17.4 Å². The van der Waals surface area contributed by atoms with Crippen molar-refractivity contribution >= 4 is 58.3 Å². The molecule has 0 radical (unpaired) electrons. The molecule has 0 saturated carbocycles. The van der Waals surface area contributed by atoms with Crippen molar-refractivity contribution < 1.29 is 19.1 Å². The van der Waals surface area contributed by atoms with Gasteiger partial charge < -0.3 is 0 Å². The van der Waals surface area contributed by atoms with E-state index in [1.54, 1.807) is 36.4 Å². The molecule has 6 heteroatoms. The van der Waals surface area contributed by atoms with Crippen LogP contribution in [0.25, 0.3) is 0 Å². The van der Waals surface area contributed by atoms with Crippen LogP contribution in [0.2, 0.25) is 10.4 Å². The Bertz CT molecular complexity index is 1790. The number of carbonyl (C=O) groups is 2. The third kappa shape index (κ3) is 6.83. The van der Waals surface area contributed by atoms with Crippen molar-refractivity contribution in [2.75, 3.05) is 13.2 Å². The average molecular weight is 753 g/mol. The van der Waals surface area contributed by atoms with E-state index in [9.17, 15) is 9.59 Å². The molecule has 0 saturated heterocycles. The molecule has 0 aliphatic heterocycles. The first-order valence-electron chi connectivity index (χ1n) is 16.1. The van der Waals surface area contributed by atoms with Gasteiger partial charge in [0.05, 0.1) is 0 Å². The predicted molar refractivity (Wildman–Crippen MR) is 196 cm³/mol. The van der Waals surface area contributed by atoms with Gasteiger partial charge in [0.1, 0.15) is 0 Å². The molecule has 0 N–H and O–H groups in total. The summed E-state index contributed by atoms with van der Waals surface area (Å²) in [4.78, 5) is 28.1. The van der Waals surface area contributed by atoms with Gasteiger partial charge in [0.15, 0.2) is 0 Å². The van der Waals surface area contributed by atoms with Gasteiger partial charge in [-0.15, -0.1) is 0 Å². The summed E-state index contributed by atoms with van der Waals surface area (Å²) in [5.41, 5.74) is 1.41. The van der Waals surface area contributed by atoms with Crippen molar-refractivity contribution in [1.29, 1.82) is 0 Å². The topological polar surface area (TPSA) is 52.6 Å². The number of fused-ring (bicyclic) bond motifs is 2. The summed E-state index contributed by atoms with van der Waals surface area (Å²) < 4.78 is 18.2. The Morgan fingerprint density at radius 3 is 1.04 bits per heavy atom. The Morgan fingerprint density at radius 2 is 0.708 bits per heavy atom. The van der Waals surface area contributed by atoms with Crippen molar-refractivity contribution in [2.45, 2.75) is 10.4 Å². The van der Waals surface area contributed by atoms with Gasteiger partial charge in [-0.3, -0.25) is 0 Å². The maximum absolute atomic E-state index is 14.3. The SMILES string of the molecule is O=C1c2cccc(OCC[As](c3ccccc3)c3ccccc3)c2C(=O)c2c(OCC[As](c3ccccc3)c3ccccc3)cccc21. The number of hydrogen-bond donors (Lipinski definition) is 0. The van der Waals surface area contributed by atoms with Crippen LogP contribution in [0.5, 0.6) is 11.5 Å². The van der Waals surface area contributed by atoms with Crippen LogP contribution in [-0.2, 0) is 0 Å². The second-order valence-electron chi connectivity index (χ2n) is 11.4. The van der Waals surface area contributed by atoms with Gasteiger partial charge in [0, 0.05) is 0 Å². The molecule has 48 heavy (non-hydrogen) atoms. The molecule has 0 atom stereocenters. The van der Waals surface area contributed by atoms with E-state index in [0.717, 1.165) is 10.4 Å². The van der Waals surface area contributed by atoms with Crippen molar-refractivity contribution in [3.8, 4) is 11.5 Å². The van der Waals surface area contributed by atoms with E-state index in [1.807, 2.05) is 24.3 Å². The molecule has 6 aromatic carbocycles. The van der Waals surface area contributed by atoms with Crippen molar-refractivity contribution in [2.24, 2.45) is 0 Å². The fourth-order valence-corrected chi connectivity index (χ4v) is 15.2. The first-order chi connectivity index (χ1) is 23.7. The minimum absolute atomic E-state index is 0.182. The van der Waals surface area contributed by atoms with E-state index in [0.29, 0.717) is 47.0 Å². The molecule has 1 aliphatic carbocycles. The summed E-state index contributed by atoms with van der Waals surface area (Å²) in [6, 6.07) is 53.1. The molecule has 0 aromatic heterocycles. The second-order valence-corrected chi connectivity index (χ2v) is 21.2. The van der Waals surface area contributed by atoms with Gasteiger partial charge in [-0.1, -0.05) is 0 Å². The number of benzene rings is 6. The van der Waals surface area contributed by atoms with E-state index in [4.69, 9.17) is 9.47 Å². The molecular weight excluding hydrogens is 718 g/mol. The van der Waals surface area contributed by atoms with Crippen molar-refractivity contribution in [3.63, 3.8) is 0 Å². The number of carbonyl (C=O) groups excluding carboxylic acids is 2. The molecule has 0 fully saturated rings. The molecule has 0 amide bonds. The zero-order valence-corrected chi connectivity index (χ0v) is 30.1. The van der Waals surface area contributed by atoms with Crippen molar-refractivity contribution in [1.82, 2.24) is 0 Å². The summed E-state index contributed by atoms with van der Waals surface area (Å²) in [6.45, 7) is 0.885. The second kappa shape index (κ2) is 15.1. The summed E-state index contributed by atoms with van der Waals surface area (Å²) in [6.07, 6.45) is 0. The van der Waals surface area contributed by atoms with Crippen LogP contribution in [0.4, 0.5) is 0 Å². The predicted octanol–water partition coefficient (Wildman–Crippen LogP) is 5.84. The zero-order valence-electron chi connectivity index (χ0n) is 26.4. The van der Waals surface area contributed by atoms with E-state index >= 15 is 0 Å². The fraction of sp³-hybridized carbons (Fsp3) is 0.0952. The molecule has 0 unspecified atom stereocenters. The Morgan fingerprint density at radius 1 is 0.375 bits per heavy atom. The first kappa shape index (κ1) is 31.9. The fourth-order valence-electron chi connectivity index (χ4n) is 6.16. The average Bonchev–Trinajstić information content (AvgIpc) is 3.15. The first-order valence-corrected chi connectivity index (χ1v) is 22.5. The van der Waals surface area contributed by atoms with Crippen molar-refractivity contribution in [3.05, 3.63) is 180 Å². The standard InChI is InChI=1S/C42H34As2O4/c45-41-35-23-13-25-37(47-29-27-43(31-15-5-1-6-16-31)32-17-7-2-8-18-32)39(35)42(46)40-36(41)24-14-26-38(40)48-30-28-44(33-19-9-3-10-20-33)34-21-11-4-12-22-34/h1-26H,27-30H2. The third-order valence-electron chi connectivity index (χ3n) is 8.41. The normalized spacial score (nSPS) is 12.1. The minimum atomic E-state index is -1.66. The van der Waals surface area contributed by atoms with E-state index in [2.05, 4.69) is 97.1 Å². The number of rotatable bonds is 12. The molecule has 0 spiro atoms. The molecule has 4 nitrogen and oxygen atoms in total. The molecule has 1 aliphatic rings. The Hall–Kier alpha value is -4.62. The Kier molecular flexibility index (Phi) is 10.0. The number of ether oxygens (including phenoxy) is 2. The summed E-state index contributed by atoms with van der Waals surface area (Å²) in [5, 5.41) is 1.71. The molecule has 0 heterocycles. The molecule has 6 aromatic rings. The molecule has 236 valence electrons. The number of ketones is 2. The van der Waals surface area contributed by atoms with Crippen LogP contribution in [-0.4, -0.2) is 54.1 Å². The van der Waals surface area contributed by atoms with Gasteiger partial charge in [0.25, 0.3) is 0 Å². The monoisotopic (exact) mass is 752 g/mol. The van der Waals surface area contributed by atoms with Crippen LogP contribution in [0, 0.1) is 0 Å². The van der Waals surface area contributed by atoms with Crippen LogP contribution >= 0.6 is 0 Å². The Labute approximate surface area is 290 Å². The van der Waals surface area contributed by atoms with E-state index in [-0.39, 0.29) is 11.6 Å². The van der Waals surface area contributed by atoms with Gasteiger partial charge in [-0.05, 0) is 0 Å². The summed E-state index contributed by atoms with van der Waals surface area (Å²) in [7, 11) is 0. The van der Waals surface area contributed by atoms with E-state index < -0.39 is 29.3 Å². The molecular formula is C42H34As2O4. The third-order valence-corrected chi connectivity index (χ3v) is 18.8. The van der Waals surface area contributed by atoms with Gasteiger partial charge >= 0.3 is 292 Å². The quantitative estimate of drug-likeness (QED) is 0.148. The zero-order chi connectivity index (χ0) is 32.7. The van der Waals surface area contributed by atoms with Crippen LogP contribution in [0.1, 0.15) is 31.8 Å². The number of hydrogen-bond acceptors (Lipinski definition) is 4. The maximum atomic E-state index is 14.3. The van der Waals surface area contributed by atoms with Gasteiger partial charge in [-0.2, -0.15) is 0 Å². The summed E-state index contributed by atoms with van der Waals surface area (Å²) in [5.74, 6) is 0.481.